The molecule has 1 aromatic heterocycles. The van der Waals surface area contributed by atoms with E-state index < -0.39 is 0 Å². The number of benzene rings is 1. The Kier molecular flexibility index (Phi) is 5.78. The molecule has 108 valence electrons. The average Bonchev–Trinajstić information content (AvgIpc) is 2.87. The SMILES string of the molecule is CCC(N)C(OCc1ccccc1Br)c1ccc(C)s1. The highest BCUT2D eigenvalue weighted by Crippen LogP contribution is 2.30. The van der Waals surface area contributed by atoms with Gasteiger partial charge in [-0.2, -0.15) is 0 Å². The van der Waals surface area contributed by atoms with Crippen LogP contribution in [0.4, 0.5) is 0 Å². The van der Waals surface area contributed by atoms with Crippen LogP contribution in [-0.2, 0) is 11.3 Å². The topological polar surface area (TPSA) is 35.2 Å². The molecule has 2 unspecified atom stereocenters. The Hall–Kier alpha value is -0.680. The van der Waals surface area contributed by atoms with Gasteiger partial charge < -0.3 is 10.5 Å². The van der Waals surface area contributed by atoms with Gasteiger partial charge in [-0.05, 0) is 37.1 Å². The van der Waals surface area contributed by atoms with Crippen LogP contribution in [0.25, 0.3) is 0 Å². The Morgan fingerprint density at radius 1 is 1.25 bits per heavy atom. The number of hydrogen-bond acceptors (Lipinski definition) is 3. The van der Waals surface area contributed by atoms with E-state index in [9.17, 15) is 0 Å². The fourth-order valence-corrected chi connectivity index (χ4v) is 3.43. The summed E-state index contributed by atoms with van der Waals surface area (Å²) in [5.74, 6) is 0. The number of aryl methyl sites for hydroxylation is 1. The summed E-state index contributed by atoms with van der Waals surface area (Å²) in [5.41, 5.74) is 7.38. The molecule has 1 heterocycles. The van der Waals surface area contributed by atoms with Crippen molar-refractivity contribution in [3.05, 3.63) is 56.2 Å². The lowest BCUT2D eigenvalue weighted by Gasteiger charge is -2.22. The Balaban J connectivity index is 2.11. The van der Waals surface area contributed by atoms with Gasteiger partial charge in [-0.3, -0.25) is 0 Å². The number of rotatable bonds is 6. The maximum Gasteiger partial charge on any atom is 0.107 e. The molecule has 2 aromatic rings. The molecule has 0 bridgehead atoms. The third-order valence-electron chi connectivity index (χ3n) is 3.28. The van der Waals surface area contributed by atoms with Crippen LogP contribution in [0, 0.1) is 6.92 Å². The normalized spacial score (nSPS) is 14.2. The first-order valence-corrected chi connectivity index (χ1v) is 8.39. The van der Waals surface area contributed by atoms with E-state index in [1.807, 2.05) is 18.2 Å². The van der Waals surface area contributed by atoms with Crippen LogP contribution < -0.4 is 5.73 Å². The molecule has 0 aliphatic heterocycles. The lowest BCUT2D eigenvalue weighted by Crippen LogP contribution is -2.29. The lowest BCUT2D eigenvalue weighted by molar-refractivity contribution is 0.0233. The third kappa shape index (κ3) is 3.92. The molecule has 0 aliphatic rings. The minimum Gasteiger partial charge on any atom is -0.366 e. The van der Waals surface area contributed by atoms with Crippen LogP contribution in [0.3, 0.4) is 0 Å². The van der Waals surface area contributed by atoms with Gasteiger partial charge in [0.15, 0.2) is 0 Å². The molecule has 0 aliphatic carbocycles. The quantitative estimate of drug-likeness (QED) is 0.808. The molecule has 20 heavy (non-hydrogen) atoms. The predicted molar refractivity (Wildman–Crippen MR) is 89.0 cm³/mol. The summed E-state index contributed by atoms with van der Waals surface area (Å²) in [6.45, 7) is 4.77. The number of thiophene rings is 1. The van der Waals surface area contributed by atoms with Crippen molar-refractivity contribution in [3.8, 4) is 0 Å². The average molecular weight is 354 g/mol. The van der Waals surface area contributed by atoms with Gasteiger partial charge in [-0.25, -0.2) is 0 Å². The highest BCUT2D eigenvalue weighted by atomic mass is 79.9. The molecular weight excluding hydrogens is 334 g/mol. The maximum atomic E-state index is 6.23. The van der Waals surface area contributed by atoms with Crippen molar-refractivity contribution >= 4 is 27.3 Å². The summed E-state index contributed by atoms with van der Waals surface area (Å²) < 4.78 is 7.19. The van der Waals surface area contributed by atoms with Crippen molar-refractivity contribution in [1.29, 1.82) is 0 Å². The van der Waals surface area contributed by atoms with Crippen LogP contribution in [0.5, 0.6) is 0 Å². The van der Waals surface area contributed by atoms with Crippen molar-refractivity contribution in [2.24, 2.45) is 5.73 Å². The monoisotopic (exact) mass is 353 g/mol. The summed E-state index contributed by atoms with van der Waals surface area (Å²) >= 11 is 5.31. The molecule has 0 amide bonds. The van der Waals surface area contributed by atoms with Gasteiger partial charge in [-0.15, -0.1) is 11.3 Å². The number of ether oxygens (including phenoxy) is 1. The van der Waals surface area contributed by atoms with Crippen molar-refractivity contribution in [3.63, 3.8) is 0 Å². The second-order valence-electron chi connectivity index (χ2n) is 4.84. The maximum absolute atomic E-state index is 6.23. The van der Waals surface area contributed by atoms with Crippen molar-refractivity contribution in [1.82, 2.24) is 0 Å². The first-order valence-electron chi connectivity index (χ1n) is 6.78. The summed E-state index contributed by atoms with van der Waals surface area (Å²) in [6.07, 6.45) is 0.864. The van der Waals surface area contributed by atoms with E-state index in [2.05, 4.69) is 48.0 Å². The molecule has 2 N–H and O–H groups in total. The van der Waals surface area contributed by atoms with Gasteiger partial charge in [0.2, 0.25) is 0 Å². The molecule has 2 nitrogen and oxygen atoms in total. The molecule has 0 radical (unpaired) electrons. The molecule has 0 fully saturated rings. The molecular formula is C16H20BrNOS. The zero-order valence-electron chi connectivity index (χ0n) is 11.8. The first kappa shape index (κ1) is 15.7. The summed E-state index contributed by atoms with van der Waals surface area (Å²) in [7, 11) is 0. The second-order valence-corrected chi connectivity index (χ2v) is 7.02. The van der Waals surface area contributed by atoms with Crippen molar-refractivity contribution < 1.29 is 4.74 Å². The van der Waals surface area contributed by atoms with Gasteiger partial charge in [0.1, 0.15) is 6.10 Å². The summed E-state index contributed by atoms with van der Waals surface area (Å²) in [5, 5.41) is 0. The summed E-state index contributed by atoms with van der Waals surface area (Å²) in [6, 6.07) is 12.4. The van der Waals surface area contributed by atoms with E-state index in [0.29, 0.717) is 6.61 Å². The highest BCUT2D eigenvalue weighted by molar-refractivity contribution is 9.10. The van der Waals surface area contributed by atoms with Crippen LogP contribution in [0.15, 0.2) is 40.9 Å². The zero-order valence-corrected chi connectivity index (χ0v) is 14.2. The van der Waals surface area contributed by atoms with E-state index in [1.165, 1.54) is 9.75 Å². The van der Waals surface area contributed by atoms with Gasteiger partial charge in [0.25, 0.3) is 0 Å². The Labute approximate surface area is 133 Å². The van der Waals surface area contributed by atoms with Gasteiger partial charge in [0.05, 0.1) is 6.61 Å². The fourth-order valence-electron chi connectivity index (χ4n) is 2.03. The van der Waals surface area contributed by atoms with Gasteiger partial charge in [0, 0.05) is 20.3 Å². The predicted octanol–water partition coefficient (Wildman–Crippen LogP) is 4.81. The minimum atomic E-state index is -0.0363. The Morgan fingerprint density at radius 2 is 2.00 bits per heavy atom. The van der Waals surface area contributed by atoms with Crippen molar-refractivity contribution in [2.45, 2.75) is 39.0 Å². The second kappa shape index (κ2) is 7.36. The van der Waals surface area contributed by atoms with Crippen LogP contribution in [0.2, 0.25) is 0 Å². The van der Waals surface area contributed by atoms with E-state index in [4.69, 9.17) is 10.5 Å². The Bertz CT molecular complexity index is 555. The van der Waals surface area contributed by atoms with Gasteiger partial charge in [-0.1, -0.05) is 41.1 Å². The first-order chi connectivity index (χ1) is 9.61. The largest absolute Gasteiger partial charge is 0.366 e. The smallest absolute Gasteiger partial charge is 0.107 e. The zero-order chi connectivity index (χ0) is 14.5. The number of halogens is 1. The summed E-state index contributed by atoms with van der Waals surface area (Å²) in [4.78, 5) is 2.50. The fraction of sp³-hybridized carbons (Fsp3) is 0.375. The number of hydrogen-bond donors (Lipinski definition) is 1. The lowest BCUT2D eigenvalue weighted by atomic mass is 10.1. The Morgan fingerprint density at radius 3 is 2.60 bits per heavy atom. The van der Waals surface area contributed by atoms with E-state index in [-0.39, 0.29) is 12.1 Å². The molecule has 0 saturated carbocycles. The molecule has 4 heteroatoms. The minimum absolute atomic E-state index is 0.0236. The number of nitrogens with two attached hydrogens (primary N) is 1. The third-order valence-corrected chi connectivity index (χ3v) is 5.11. The van der Waals surface area contributed by atoms with Gasteiger partial charge >= 0.3 is 0 Å². The molecule has 2 atom stereocenters. The van der Waals surface area contributed by atoms with Crippen molar-refractivity contribution in [2.75, 3.05) is 0 Å². The van der Waals surface area contributed by atoms with Crippen LogP contribution >= 0.6 is 27.3 Å². The molecule has 0 saturated heterocycles. The van der Waals surface area contributed by atoms with E-state index in [1.54, 1.807) is 11.3 Å². The highest BCUT2D eigenvalue weighted by Gasteiger charge is 2.21. The molecule has 1 aromatic carbocycles. The molecule has 2 rings (SSSR count). The van der Waals surface area contributed by atoms with E-state index >= 15 is 0 Å². The molecule has 0 spiro atoms. The van der Waals surface area contributed by atoms with Crippen LogP contribution in [-0.4, -0.2) is 6.04 Å². The van der Waals surface area contributed by atoms with E-state index in [0.717, 1.165) is 16.5 Å². The van der Waals surface area contributed by atoms with Crippen LogP contribution in [0.1, 0.15) is 34.8 Å². The standard InChI is InChI=1S/C16H20BrNOS/c1-3-14(18)16(15-9-8-11(2)20-15)19-10-12-6-4-5-7-13(12)17/h4-9,14,16H,3,10,18H2,1-2H3.